The third-order valence-corrected chi connectivity index (χ3v) is 1.99. The van der Waals surface area contributed by atoms with Gasteiger partial charge in [-0.2, -0.15) is 5.10 Å². The van der Waals surface area contributed by atoms with Gasteiger partial charge in [-0.05, 0) is 18.2 Å². The van der Waals surface area contributed by atoms with E-state index >= 15 is 0 Å². The SMILES string of the molecule is NCCOc1ccccc1-n1cccn1. The topological polar surface area (TPSA) is 53.1 Å². The van der Waals surface area contributed by atoms with Crippen molar-refractivity contribution in [1.29, 1.82) is 0 Å². The molecule has 2 rings (SSSR count). The molecule has 0 radical (unpaired) electrons. The Balaban J connectivity index is 2.30. The maximum atomic E-state index is 5.52. The molecule has 0 unspecified atom stereocenters. The molecule has 0 saturated carbocycles. The van der Waals surface area contributed by atoms with Crippen molar-refractivity contribution < 1.29 is 4.74 Å². The smallest absolute Gasteiger partial charge is 0.145 e. The Morgan fingerprint density at radius 3 is 2.87 bits per heavy atom. The lowest BCUT2D eigenvalue weighted by Crippen LogP contribution is -2.11. The summed E-state index contributed by atoms with van der Waals surface area (Å²) in [5.74, 6) is 0.798. The van der Waals surface area contributed by atoms with Gasteiger partial charge in [0.1, 0.15) is 18.0 Å². The molecule has 15 heavy (non-hydrogen) atoms. The molecule has 0 fully saturated rings. The zero-order chi connectivity index (χ0) is 10.5. The zero-order valence-electron chi connectivity index (χ0n) is 8.34. The summed E-state index contributed by atoms with van der Waals surface area (Å²) in [7, 11) is 0. The number of benzene rings is 1. The van der Waals surface area contributed by atoms with Gasteiger partial charge in [0.2, 0.25) is 0 Å². The average Bonchev–Trinajstić information content (AvgIpc) is 2.80. The second-order valence-electron chi connectivity index (χ2n) is 3.06. The van der Waals surface area contributed by atoms with Crippen molar-refractivity contribution in [2.45, 2.75) is 0 Å². The van der Waals surface area contributed by atoms with Crippen LogP contribution in [0.2, 0.25) is 0 Å². The van der Waals surface area contributed by atoms with Crippen LogP contribution in [-0.4, -0.2) is 22.9 Å². The van der Waals surface area contributed by atoms with Crippen LogP contribution in [0.3, 0.4) is 0 Å². The van der Waals surface area contributed by atoms with E-state index in [2.05, 4.69) is 5.10 Å². The van der Waals surface area contributed by atoms with E-state index in [0.717, 1.165) is 11.4 Å². The van der Waals surface area contributed by atoms with E-state index < -0.39 is 0 Å². The number of nitrogens with two attached hydrogens (primary N) is 1. The minimum absolute atomic E-state index is 0.507. The van der Waals surface area contributed by atoms with Crippen molar-refractivity contribution in [2.75, 3.05) is 13.2 Å². The van der Waals surface area contributed by atoms with Gasteiger partial charge in [0.25, 0.3) is 0 Å². The molecule has 0 amide bonds. The number of hydrogen-bond donors (Lipinski definition) is 1. The van der Waals surface area contributed by atoms with Crippen molar-refractivity contribution in [3.63, 3.8) is 0 Å². The highest BCUT2D eigenvalue weighted by atomic mass is 16.5. The fraction of sp³-hybridized carbons (Fsp3) is 0.182. The van der Waals surface area contributed by atoms with Crippen molar-refractivity contribution >= 4 is 0 Å². The van der Waals surface area contributed by atoms with Crippen LogP contribution in [0.15, 0.2) is 42.7 Å². The Bertz CT molecular complexity index is 412. The highest BCUT2D eigenvalue weighted by Crippen LogP contribution is 2.21. The van der Waals surface area contributed by atoms with Gasteiger partial charge in [-0.25, -0.2) is 4.68 Å². The third-order valence-electron chi connectivity index (χ3n) is 1.99. The molecule has 2 N–H and O–H groups in total. The Labute approximate surface area is 88.3 Å². The van der Waals surface area contributed by atoms with Gasteiger partial charge < -0.3 is 10.5 Å². The van der Waals surface area contributed by atoms with E-state index in [1.807, 2.05) is 36.5 Å². The van der Waals surface area contributed by atoms with Gasteiger partial charge in [-0.15, -0.1) is 0 Å². The maximum absolute atomic E-state index is 5.52. The second-order valence-corrected chi connectivity index (χ2v) is 3.06. The molecule has 0 atom stereocenters. The van der Waals surface area contributed by atoms with Crippen molar-refractivity contribution in [3.8, 4) is 11.4 Å². The van der Waals surface area contributed by atoms with Crippen LogP contribution in [0, 0.1) is 0 Å². The minimum atomic E-state index is 0.507. The van der Waals surface area contributed by atoms with Gasteiger partial charge in [0, 0.05) is 18.9 Å². The van der Waals surface area contributed by atoms with Crippen LogP contribution in [0.1, 0.15) is 0 Å². The molecular formula is C11H13N3O. The molecule has 4 nitrogen and oxygen atoms in total. The van der Waals surface area contributed by atoms with Crippen LogP contribution in [0.5, 0.6) is 5.75 Å². The summed E-state index contributed by atoms with van der Waals surface area (Å²) in [5, 5.41) is 4.16. The lowest BCUT2D eigenvalue weighted by molar-refractivity contribution is 0.326. The second kappa shape index (κ2) is 4.61. The van der Waals surface area contributed by atoms with E-state index in [-0.39, 0.29) is 0 Å². The highest BCUT2D eigenvalue weighted by Gasteiger charge is 2.03. The van der Waals surface area contributed by atoms with Gasteiger partial charge in [0.05, 0.1) is 0 Å². The minimum Gasteiger partial charge on any atom is -0.490 e. The Kier molecular flexibility index (Phi) is 2.99. The summed E-state index contributed by atoms with van der Waals surface area (Å²) in [5.41, 5.74) is 6.32. The highest BCUT2D eigenvalue weighted by molar-refractivity contribution is 5.45. The predicted octanol–water partition coefficient (Wildman–Crippen LogP) is 1.21. The van der Waals surface area contributed by atoms with E-state index in [4.69, 9.17) is 10.5 Å². The molecule has 2 aromatic rings. The lowest BCUT2D eigenvalue weighted by Gasteiger charge is -2.10. The first-order chi connectivity index (χ1) is 7.42. The van der Waals surface area contributed by atoms with Crippen LogP contribution in [0.25, 0.3) is 5.69 Å². The first kappa shape index (κ1) is 9.73. The van der Waals surface area contributed by atoms with Gasteiger partial charge in [-0.1, -0.05) is 12.1 Å². The molecule has 0 aliphatic heterocycles. The third kappa shape index (κ3) is 2.16. The fourth-order valence-electron chi connectivity index (χ4n) is 1.35. The Morgan fingerprint density at radius 2 is 2.13 bits per heavy atom. The molecule has 1 aromatic carbocycles. The summed E-state index contributed by atoms with van der Waals surface area (Å²) in [6.45, 7) is 1.02. The zero-order valence-corrected chi connectivity index (χ0v) is 8.34. The van der Waals surface area contributed by atoms with Crippen molar-refractivity contribution in [1.82, 2.24) is 9.78 Å². The van der Waals surface area contributed by atoms with Crippen LogP contribution >= 0.6 is 0 Å². The van der Waals surface area contributed by atoms with Gasteiger partial charge in [-0.3, -0.25) is 0 Å². The maximum Gasteiger partial charge on any atom is 0.145 e. The number of hydrogen-bond acceptors (Lipinski definition) is 3. The first-order valence-electron chi connectivity index (χ1n) is 4.84. The van der Waals surface area contributed by atoms with Crippen molar-refractivity contribution in [3.05, 3.63) is 42.7 Å². The monoisotopic (exact) mass is 203 g/mol. The Hall–Kier alpha value is -1.81. The summed E-state index contributed by atoms with van der Waals surface area (Å²) >= 11 is 0. The van der Waals surface area contributed by atoms with E-state index in [0.29, 0.717) is 13.2 Å². The summed E-state index contributed by atoms with van der Waals surface area (Å²) in [6.07, 6.45) is 3.62. The number of ether oxygens (including phenoxy) is 1. The number of aromatic nitrogens is 2. The standard InChI is InChI=1S/C11H13N3O/c12-6-9-15-11-5-2-1-4-10(11)14-8-3-7-13-14/h1-5,7-8H,6,9,12H2. The summed E-state index contributed by atoms with van der Waals surface area (Å²) in [4.78, 5) is 0. The molecule has 1 heterocycles. The molecule has 0 saturated heterocycles. The molecule has 0 aliphatic carbocycles. The predicted molar refractivity (Wildman–Crippen MR) is 58.1 cm³/mol. The molecular weight excluding hydrogens is 190 g/mol. The van der Waals surface area contributed by atoms with Gasteiger partial charge >= 0.3 is 0 Å². The van der Waals surface area contributed by atoms with E-state index in [9.17, 15) is 0 Å². The molecule has 78 valence electrons. The first-order valence-corrected chi connectivity index (χ1v) is 4.84. The quantitative estimate of drug-likeness (QED) is 0.812. The number of rotatable bonds is 4. The van der Waals surface area contributed by atoms with Crippen LogP contribution in [0.4, 0.5) is 0 Å². The molecule has 4 heteroatoms. The van der Waals surface area contributed by atoms with Crippen LogP contribution in [-0.2, 0) is 0 Å². The van der Waals surface area contributed by atoms with Gasteiger partial charge in [0.15, 0.2) is 0 Å². The molecule has 1 aromatic heterocycles. The normalized spacial score (nSPS) is 10.2. The number of nitrogens with zero attached hydrogens (tertiary/aromatic N) is 2. The molecule has 0 bridgehead atoms. The molecule has 0 spiro atoms. The van der Waals surface area contributed by atoms with E-state index in [1.165, 1.54) is 0 Å². The summed E-state index contributed by atoms with van der Waals surface area (Å²) in [6, 6.07) is 9.62. The largest absolute Gasteiger partial charge is 0.490 e. The number of para-hydroxylation sites is 2. The fourth-order valence-corrected chi connectivity index (χ4v) is 1.35. The van der Waals surface area contributed by atoms with Crippen LogP contribution < -0.4 is 10.5 Å². The van der Waals surface area contributed by atoms with Crippen molar-refractivity contribution in [2.24, 2.45) is 5.73 Å². The molecule has 0 aliphatic rings. The average molecular weight is 203 g/mol. The summed E-state index contributed by atoms with van der Waals surface area (Å²) < 4.78 is 7.29. The Morgan fingerprint density at radius 1 is 1.27 bits per heavy atom. The lowest BCUT2D eigenvalue weighted by atomic mass is 10.3. The van der Waals surface area contributed by atoms with E-state index in [1.54, 1.807) is 10.9 Å².